The highest BCUT2D eigenvalue weighted by atomic mass is 16.3. The van der Waals surface area contributed by atoms with Crippen molar-refractivity contribution >= 4 is 17.4 Å². The van der Waals surface area contributed by atoms with E-state index in [4.69, 9.17) is 0 Å². The van der Waals surface area contributed by atoms with Crippen LogP contribution in [0.25, 0.3) is 0 Å². The van der Waals surface area contributed by atoms with Crippen LogP contribution in [0.15, 0.2) is 78.9 Å². The number of para-hydroxylation sites is 1. The lowest BCUT2D eigenvalue weighted by molar-refractivity contribution is -0.130. The van der Waals surface area contributed by atoms with Crippen LogP contribution in [0.2, 0.25) is 0 Å². The lowest BCUT2D eigenvalue weighted by Crippen LogP contribution is -2.44. The maximum absolute atomic E-state index is 13.5. The molecule has 4 nitrogen and oxygen atoms in total. The average Bonchev–Trinajstić information content (AvgIpc) is 3.03. The SMILES string of the molecule is Cc1ccc([C@@]2(O)C(c3ccccc3)C[C@H]3C(=O)c4ccccc4NC(=O)[C@@H]32)cc1. The van der Waals surface area contributed by atoms with Crippen LogP contribution in [0.4, 0.5) is 5.69 Å². The number of nitrogens with one attached hydrogen (secondary N) is 1. The van der Waals surface area contributed by atoms with Gasteiger partial charge in [0.05, 0.1) is 11.6 Å². The predicted octanol–water partition coefficient (Wildman–Crippen LogP) is 4.44. The van der Waals surface area contributed by atoms with Gasteiger partial charge in [0.15, 0.2) is 5.78 Å². The minimum absolute atomic E-state index is 0.0853. The van der Waals surface area contributed by atoms with Crippen molar-refractivity contribution in [2.45, 2.75) is 24.9 Å². The van der Waals surface area contributed by atoms with Gasteiger partial charge in [-0.2, -0.15) is 0 Å². The van der Waals surface area contributed by atoms with Gasteiger partial charge in [0.25, 0.3) is 0 Å². The van der Waals surface area contributed by atoms with E-state index in [1.165, 1.54) is 0 Å². The van der Waals surface area contributed by atoms with Crippen LogP contribution in [0.3, 0.4) is 0 Å². The fourth-order valence-corrected chi connectivity index (χ4v) is 5.23. The lowest BCUT2D eigenvalue weighted by atomic mass is 9.73. The second kappa shape index (κ2) is 6.92. The van der Waals surface area contributed by atoms with Crippen molar-refractivity contribution in [1.29, 1.82) is 0 Å². The van der Waals surface area contributed by atoms with Gasteiger partial charge < -0.3 is 10.4 Å². The lowest BCUT2D eigenvalue weighted by Gasteiger charge is -2.36. The van der Waals surface area contributed by atoms with Crippen LogP contribution in [-0.2, 0) is 10.4 Å². The van der Waals surface area contributed by atoms with Gasteiger partial charge in [-0.15, -0.1) is 0 Å². The third kappa shape index (κ3) is 2.71. The van der Waals surface area contributed by atoms with Crippen molar-refractivity contribution in [1.82, 2.24) is 0 Å². The van der Waals surface area contributed by atoms with E-state index in [-0.39, 0.29) is 17.6 Å². The molecule has 5 rings (SSSR count). The van der Waals surface area contributed by atoms with Crippen LogP contribution in [0, 0.1) is 18.8 Å². The van der Waals surface area contributed by atoms with Gasteiger partial charge in [-0.05, 0) is 36.6 Å². The molecule has 1 fully saturated rings. The number of Topliss-reactive ketones (excluding diaryl/α,β-unsaturated/α-hetero) is 1. The van der Waals surface area contributed by atoms with Gasteiger partial charge in [0, 0.05) is 17.4 Å². The molecule has 1 amide bonds. The van der Waals surface area contributed by atoms with E-state index in [2.05, 4.69) is 5.32 Å². The molecule has 1 unspecified atom stereocenters. The van der Waals surface area contributed by atoms with Crippen molar-refractivity contribution in [3.8, 4) is 0 Å². The van der Waals surface area contributed by atoms with Gasteiger partial charge in [-0.1, -0.05) is 72.3 Å². The summed E-state index contributed by atoms with van der Waals surface area (Å²) in [5.41, 5.74) is 2.22. The molecule has 1 aliphatic carbocycles. The zero-order chi connectivity index (χ0) is 20.9. The summed E-state index contributed by atoms with van der Waals surface area (Å²) in [6.07, 6.45) is 0.416. The molecular weight excluding hydrogens is 374 g/mol. The first kappa shape index (κ1) is 18.8. The first-order chi connectivity index (χ1) is 14.5. The molecule has 4 heteroatoms. The smallest absolute Gasteiger partial charge is 0.231 e. The molecule has 0 bridgehead atoms. The number of benzene rings is 3. The van der Waals surface area contributed by atoms with Crippen LogP contribution < -0.4 is 5.32 Å². The molecule has 3 aromatic carbocycles. The molecule has 4 atom stereocenters. The van der Waals surface area contributed by atoms with Crippen LogP contribution in [-0.4, -0.2) is 16.8 Å². The van der Waals surface area contributed by atoms with E-state index in [1.54, 1.807) is 24.3 Å². The molecule has 0 spiro atoms. The quantitative estimate of drug-likeness (QED) is 0.672. The summed E-state index contributed by atoms with van der Waals surface area (Å²) in [5, 5.41) is 15.2. The number of aryl methyl sites for hydroxylation is 1. The molecule has 150 valence electrons. The number of fused-ring (bicyclic) bond motifs is 2. The van der Waals surface area contributed by atoms with Gasteiger partial charge in [-0.3, -0.25) is 9.59 Å². The van der Waals surface area contributed by atoms with Crippen LogP contribution in [0.5, 0.6) is 0 Å². The Balaban J connectivity index is 1.71. The van der Waals surface area contributed by atoms with Crippen molar-refractivity contribution in [2.24, 2.45) is 11.8 Å². The van der Waals surface area contributed by atoms with Gasteiger partial charge in [0.2, 0.25) is 5.91 Å². The molecule has 2 aliphatic rings. The van der Waals surface area contributed by atoms with Crippen molar-refractivity contribution in [2.75, 3.05) is 5.32 Å². The van der Waals surface area contributed by atoms with E-state index in [1.807, 2.05) is 61.5 Å². The second-order valence-electron chi connectivity index (χ2n) is 8.37. The summed E-state index contributed by atoms with van der Waals surface area (Å²) in [6, 6.07) is 24.4. The Labute approximate surface area is 175 Å². The van der Waals surface area contributed by atoms with E-state index in [0.29, 0.717) is 23.2 Å². The third-order valence-electron chi connectivity index (χ3n) is 6.68. The largest absolute Gasteiger partial charge is 0.384 e. The van der Waals surface area contributed by atoms with Gasteiger partial charge in [-0.25, -0.2) is 0 Å². The zero-order valence-electron chi connectivity index (χ0n) is 16.7. The van der Waals surface area contributed by atoms with Crippen LogP contribution in [0.1, 0.15) is 39.4 Å². The minimum Gasteiger partial charge on any atom is -0.384 e. The standard InChI is InChI=1S/C26H23NO3/c1-16-11-13-18(14-12-16)26(30)21(17-7-3-2-4-8-17)15-20-23(26)25(29)27-22-10-6-5-9-19(22)24(20)28/h2-14,20-21,23,30H,15H2,1H3,(H,27,29)/t20-,21?,23-,26-/m1/s1. The Morgan fingerprint density at radius 2 is 1.57 bits per heavy atom. The maximum atomic E-state index is 13.5. The first-order valence-corrected chi connectivity index (χ1v) is 10.3. The number of carbonyl (C=O) groups excluding carboxylic acids is 2. The number of aliphatic hydroxyl groups is 1. The predicted molar refractivity (Wildman–Crippen MR) is 115 cm³/mol. The molecule has 1 aliphatic heterocycles. The van der Waals surface area contributed by atoms with Crippen molar-refractivity contribution in [3.63, 3.8) is 0 Å². The molecule has 2 N–H and O–H groups in total. The maximum Gasteiger partial charge on any atom is 0.231 e. The Morgan fingerprint density at radius 3 is 2.30 bits per heavy atom. The molecule has 3 aromatic rings. The molecular formula is C26H23NO3. The molecule has 0 saturated heterocycles. The summed E-state index contributed by atoms with van der Waals surface area (Å²) < 4.78 is 0. The highest BCUT2D eigenvalue weighted by Gasteiger charge is 2.61. The monoisotopic (exact) mass is 397 g/mol. The number of hydrogen-bond donors (Lipinski definition) is 2. The summed E-state index contributed by atoms with van der Waals surface area (Å²) in [6.45, 7) is 1.98. The fourth-order valence-electron chi connectivity index (χ4n) is 5.23. The molecule has 0 aromatic heterocycles. The van der Waals surface area contributed by atoms with E-state index in [9.17, 15) is 14.7 Å². The van der Waals surface area contributed by atoms with Crippen molar-refractivity contribution < 1.29 is 14.7 Å². The Hall–Kier alpha value is -3.24. The third-order valence-corrected chi connectivity index (χ3v) is 6.68. The van der Waals surface area contributed by atoms with E-state index >= 15 is 0 Å². The highest BCUT2D eigenvalue weighted by Crippen LogP contribution is 2.57. The Bertz CT molecular complexity index is 1120. The number of amides is 1. The molecule has 0 radical (unpaired) electrons. The topological polar surface area (TPSA) is 66.4 Å². The number of hydrogen-bond acceptors (Lipinski definition) is 3. The average molecular weight is 397 g/mol. The summed E-state index contributed by atoms with van der Waals surface area (Å²) in [4.78, 5) is 26.9. The van der Waals surface area contributed by atoms with Gasteiger partial charge >= 0.3 is 0 Å². The molecule has 30 heavy (non-hydrogen) atoms. The summed E-state index contributed by atoms with van der Waals surface area (Å²) in [7, 11) is 0. The second-order valence-corrected chi connectivity index (χ2v) is 8.37. The number of anilines is 1. The van der Waals surface area contributed by atoms with E-state index in [0.717, 1.165) is 11.1 Å². The number of carbonyl (C=O) groups is 2. The zero-order valence-corrected chi connectivity index (χ0v) is 16.7. The number of rotatable bonds is 2. The van der Waals surface area contributed by atoms with Crippen molar-refractivity contribution in [3.05, 3.63) is 101 Å². The van der Waals surface area contributed by atoms with E-state index < -0.39 is 17.4 Å². The summed E-state index contributed by atoms with van der Waals surface area (Å²) in [5.74, 6) is -2.22. The highest BCUT2D eigenvalue weighted by molar-refractivity contribution is 6.12. The Kier molecular flexibility index (Phi) is 4.33. The Morgan fingerprint density at radius 1 is 0.900 bits per heavy atom. The fraction of sp³-hybridized carbons (Fsp3) is 0.231. The minimum atomic E-state index is -1.48. The first-order valence-electron chi connectivity index (χ1n) is 10.3. The number of ketones is 1. The molecule has 1 saturated carbocycles. The summed E-state index contributed by atoms with van der Waals surface area (Å²) >= 11 is 0. The van der Waals surface area contributed by atoms with Gasteiger partial charge in [0.1, 0.15) is 5.60 Å². The normalized spacial score (nSPS) is 27.7. The van der Waals surface area contributed by atoms with Crippen LogP contribution >= 0.6 is 0 Å². The molecule has 1 heterocycles.